The van der Waals surface area contributed by atoms with E-state index in [0.29, 0.717) is 18.4 Å². The molecule has 0 atom stereocenters. The Kier molecular flexibility index (Phi) is 4.75. The summed E-state index contributed by atoms with van der Waals surface area (Å²) in [6, 6.07) is 5.40. The molecule has 4 heteroatoms. The second kappa shape index (κ2) is 5.85. The molecule has 0 bridgehead atoms. The zero-order valence-electron chi connectivity index (χ0n) is 8.17. The van der Waals surface area contributed by atoms with E-state index in [9.17, 15) is 9.18 Å². The van der Waals surface area contributed by atoms with Gasteiger partial charge in [-0.1, -0.05) is 28.1 Å². The minimum Gasteiger partial charge on any atom is -0.481 e. The topological polar surface area (TPSA) is 37.3 Å². The Balaban J connectivity index is 2.55. The monoisotopic (exact) mass is 274 g/mol. The second-order valence-electron chi connectivity index (χ2n) is 3.31. The van der Waals surface area contributed by atoms with Crippen molar-refractivity contribution >= 4 is 21.9 Å². The van der Waals surface area contributed by atoms with Gasteiger partial charge in [0.05, 0.1) is 0 Å². The molecular weight excluding hydrogens is 263 g/mol. The third-order valence-electron chi connectivity index (χ3n) is 2.12. The summed E-state index contributed by atoms with van der Waals surface area (Å²) in [5, 5.41) is 8.47. The molecule has 0 saturated heterocycles. The lowest BCUT2D eigenvalue weighted by Gasteiger charge is -2.03. The first-order valence-corrected chi connectivity index (χ1v) is 5.48. The predicted molar refractivity (Wildman–Crippen MR) is 59.5 cm³/mol. The minimum atomic E-state index is -0.783. The van der Waals surface area contributed by atoms with Crippen LogP contribution in [0.15, 0.2) is 22.7 Å². The van der Waals surface area contributed by atoms with Gasteiger partial charge in [0.2, 0.25) is 0 Å². The molecule has 0 radical (unpaired) electrons. The van der Waals surface area contributed by atoms with Gasteiger partial charge >= 0.3 is 5.97 Å². The molecule has 1 rings (SSSR count). The molecular formula is C11H12BrFO2. The Bertz CT molecular complexity index is 352. The van der Waals surface area contributed by atoms with Gasteiger partial charge in [-0.2, -0.15) is 0 Å². The Morgan fingerprint density at radius 2 is 2.20 bits per heavy atom. The van der Waals surface area contributed by atoms with Crippen LogP contribution < -0.4 is 0 Å². The summed E-state index contributed by atoms with van der Waals surface area (Å²) in [6.07, 6.45) is 1.48. The van der Waals surface area contributed by atoms with E-state index in [1.165, 1.54) is 0 Å². The van der Waals surface area contributed by atoms with Crippen LogP contribution in [0.3, 0.4) is 0 Å². The normalized spacial score (nSPS) is 10.3. The van der Waals surface area contributed by atoms with E-state index in [0.717, 1.165) is 10.0 Å². The van der Waals surface area contributed by atoms with Crippen molar-refractivity contribution in [3.8, 4) is 0 Å². The molecule has 2 nitrogen and oxygen atoms in total. The van der Waals surface area contributed by atoms with Gasteiger partial charge in [0, 0.05) is 10.9 Å². The summed E-state index contributed by atoms with van der Waals surface area (Å²) < 4.78 is 13.1. The first-order chi connectivity index (χ1) is 7.13. The van der Waals surface area contributed by atoms with Crippen LogP contribution in [0, 0.1) is 0 Å². The van der Waals surface area contributed by atoms with Crippen LogP contribution in [-0.2, 0) is 17.9 Å². The van der Waals surface area contributed by atoms with Crippen molar-refractivity contribution in [3.63, 3.8) is 0 Å². The highest BCUT2D eigenvalue weighted by molar-refractivity contribution is 9.10. The van der Waals surface area contributed by atoms with Crippen molar-refractivity contribution in [2.75, 3.05) is 0 Å². The lowest BCUT2D eigenvalue weighted by molar-refractivity contribution is -0.137. The summed E-state index contributed by atoms with van der Waals surface area (Å²) in [5.41, 5.74) is 1.65. The van der Waals surface area contributed by atoms with Gasteiger partial charge in [-0.05, 0) is 30.0 Å². The van der Waals surface area contributed by atoms with E-state index in [-0.39, 0.29) is 6.42 Å². The average Bonchev–Trinajstić information content (AvgIpc) is 2.17. The standard InChI is InChI=1S/C11H12BrFO2/c12-10-6-8(2-1-3-11(14)15)4-5-9(10)7-13/h4-6H,1-3,7H2,(H,14,15). The number of benzene rings is 1. The van der Waals surface area contributed by atoms with Gasteiger partial charge in [-0.15, -0.1) is 0 Å². The van der Waals surface area contributed by atoms with Crippen LogP contribution in [0.1, 0.15) is 24.0 Å². The smallest absolute Gasteiger partial charge is 0.303 e. The molecule has 0 spiro atoms. The maximum absolute atomic E-state index is 12.4. The van der Waals surface area contributed by atoms with Crippen LogP contribution >= 0.6 is 15.9 Å². The molecule has 0 fully saturated rings. The Morgan fingerprint density at radius 3 is 2.73 bits per heavy atom. The third kappa shape index (κ3) is 4.00. The maximum Gasteiger partial charge on any atom is 0.303 e. The SMILES string of the molecule is O=C(O)CCCc1ccc(CF)c(Br)c1. The highest BCUT2D eigenvalue weighted by Gasteiger charge is 2.02. The minimum absolute atomic E-state index is 0.169. The molecule has 0 heterocycles. The molecule has 82 valence electrons. The van der Waals surface area contributed by atoms with Crippen LogP contribution in [0.4, 0.5) is 4.39 Å². The van der Waals surface area contributed by atoms with E-state index < -0.39 is 12.6 Å². The summed E-state index contributed by atoms with van der Waals surface area (Å²) >= 11 is 3.27. The number of aryl methyl sites for hydroxylation is 1. The van der Waals surface area contributed by atoms with E-state index in [1.54, 1.807) is 6.07 Å². The quantitative estimate of drug-likeness (QED) is 0.895. The average molecular weight is 275 g/mol. The number of carbonyl (C=O) groups is 1. The number of carboxylic acid groups (broad SMARTS) is 1. The molecule has 0 saturated carbocycles. The Hall–Kier alpha value is -0.900. The molecule has 1 aromatic rings. The van der Waals surface area contributed by atoms with Crippen LogP contribution in [-0.4, -0.2) is 11.1 Å². The number of carboxylic acids is 1. The largest absolute Gasteiger partial charge is 0.481 e. The van der Waals surface area contributed by atoms with Crippen molar-refractivity contribution in [2.24, 2.45) is 0 Å². The van der Waals surface area contributed by atoms with Crippen molar-refractivity contribution in [1.29, 1.82) is 0 Å². The molecule has 0 aliphatic carbocycles. The van der Waals surface area contributed by atoms with Crippen molar-refractivity contribution in [2.45, 2.75) is 25.9 Å². The highest BCUT2D eigenvalue weighted by atomic mass is 79.9. The molecule has 1 N–H and O–H groups in total. The molecule has 0 unspecified atom stereocenters. The van der Waals surface area contributed by atoms with Gasteiger partial charge in [0.25, 0.3) is 0 Å². The lowest BCUT2D eigenvalue weighted by atomic mass is 10.1. The number of halogens is 2. The highest BCUT2D eigenvalue weighted by Crippen LogP contribution is 2.20. The van der Waals surface area contributed by atoms with E-state index >= 15 is 0 Å². The van der Waals surface area contributed by atoms with Crippen molar-refractivity contribution < 1.29 is 14.3 Å². The number of hydrogen-bond donors (Lipinski definition) is 1. The van der Waals surface area contributed by atoms with Crippen LogP contribution in [0.2, 0.25) is 0 Å². The van der Waals surface area contributed by atoms with Crippen LogP contribution in [0.5, 0.6) is 0 Å². The van der Waals surface area contributed by atoms with Gasteiger partial charge in [-0.25, -0.2) is 4.39 Å². The van der Waals surface area contributed by atoms with Gasteiger partial charge in [0.15, 0.2) is 0 Å². The van der Waals surface area contributed by atoms with Gasteiger partial charge < -0.3 is 5.11 Å². The fraction of sp³-hybridized carbons (Fsp3) is 0.364. The molecule has 15 heavy (non-hydrogen) atoms. The summed E-state index contributed by atoms with van der Waals surface area (Å²) in [4.78, 5) is 10.3. The van der Waals surface area contributed by atoms with Gasteiger partial charge in [-0.3, -0.25) is 4.79 Å². The second-order valence-corrected chi connectivity index (χ2v) is 4.16. The number of rotatable bonds is 5. The number of alkyl halides is 1. The van der Waals surface area contributed by atoms with Gasteiger partial charge in [0.1, 0.15) is 6.67 Å². The van der Waals surface area contributed by atoms with E-state index in [2.05, 4.69) is 15.9 Å². The molecule has 1 aromatic carbocycles. The number of aliphatic carboxylic acids is 1. The predicted octanol–water partition coefficient (Wildman–Crippen LogP) is 3.33. The molecule has 0 aliphatic heterocycles. The van der Waals surface area contributed by atoms with Crippen molar-refractivity contribution in [1.82, 2.24) is 0 Å². The lowest BCUT2D eigenvalue weighted by Crippen LogP contribution is -1.96. The summed E-state index contributed by atoms with van der Waals surface area (Å²) in [5.74, 6) is -0.783. The third-order valence-corrected chi connectivity index (χ3v) is 2.86. The molecule has 0 amide bonds. The van der Waals surface area contributed by atoms with E-state index in [4.69, 9.17) is 5.11 Å². The van der Waals surface area contributed by atoms with Crippen LogP contribution in [0.25, 0.3) is 0 Å². The molecule has 0 aliphatic rings. The summed E-state index contributed by atoms with van der Waals surface area (Å²) in [6.45, 7) is -0.490. The summed E-state index contributed by atoms with van der Waals surface area (Å²) in [7, 11) is 0. The fourth-order valence-electron chi connectivity index (χ4n) is 1.30. The maximum atomic E-state index is 12.4. The first kappa shape index (κ1) is 12.2. The Labute approximate surface area is 96.2 Å². The zero-order chi connectivity index (χ0) is 11.3. The molecule has 0 aromatic heterocycles. The van der Waals surface area contributed by atoms with Crippen molar-refractivity contribution in [3.05, 3.63) is 33.8 Å². The fourth-order valence-corrected chi connectivity index (χ4v) is 1.83. The van der Waals surface area contributed by atoms with E-state index in [1.807, 2.05) is 12.1 Å². The number of hydrogen-bond acceptors (Lipinski definition) is 1. The Morgan fingerprint density at radius 1 is 1.47 bits per heavy atom. The zero-order valence-corrected chi connectivity index (χ0v) is 9.76. The first-order valence-electron chi connectivity index (χ1n) is 4.68.